The van der Waals surface area contributed by atoms with Gasteiger partial charge in [-0.25, -0.2) is 0 Å². The third-order valence-corrected chi connectivity index (χ3v) is 3.49. The fourth-order valence-corrected chi connectivity index (χ4v) is 2.41. The van der Waals surface area contributed by atoms with E-state index in [-0.39, 0.29) is 5.78 Å². The second-order valence-electron chi connectivity index (χ2n) is 4.99. The Morgan fingerprint density at radius 2 is 1.50 bits per heavy atom. The van der Waals surface area contributed by atoms with Crippen LogP contribution in [0.3, 0.4) is 0 Å². The van der Waals surface area contributed by atoms with Gasteiger partial charge in [-0.3, -0.25) is 4.79 Å². The maximum Gasteiger partial charge on any atom is 0.166 e. The van der Waals surface area contributed by atoms with Gasteiger partial charge in [0.2, 0.25) is 0 Å². The van der Waals surface area contributed by atoms with Gasteiger partial charge in [0.15, 0.2) is 5.78 Å². The number of carbonyl (C=O) groups is 1. The molecule has 0 aromatic heterocycles. The molecule has 0 spiro atoms. The Bertz CT molecular complexity index is 384. The molecule has 2 nitrogen and oxygen atoms in total. The number of para-hydroxylation sites is 1. The molecule has 98 valence electrons. The topological polar surface area (TPSA) is 26.3 Å². The summed E-state index contributed by atoms with van der Waals surface area (Å²) in [6.45, 7) is 0.726. The molecule has 0 saturated heterocycles. The molecule has 0 saturated carbocycles. The number of ether oxygens (including phenoxy) is 1. The first kappa shape index (κ1) is 13.1. The molecule has 2 heteroatoms. The zero-order valence-electron chi connectivity index (χ0n) is 11.0. The molecule has 0 bridgehead atoms. The summed E-state index contributed by atoms with van der Waals surface area (Å²) in [6, 6.07) is 7.65. The molecule has 1 heterocycles. The van der Waals surface area contributed by atoms with Crippen LogP contribution >= 0.6 is 0 Å². The van der Waals surface area contributed by atoms with Crippen molar-refractivity contribution in [1.82, 2.24) is 0 Å². The summed E-state index contributed by atoms with van der Waals surface area (Å²) in [5.74, 6) is 0.992. The molecule has 18 heavy (non-hydrogen) atoms. The highest BCUT2D eigenvalue weighted by atomic mass is 16.5. The van der Waals surface area contributed by atoms with Gasteiger partial charge in [0, 0.05) is 6.42 Å². The smallest absolute Gasteiger partial charge is 0.166 e. The minimum Gasteiger partial charge on any atom is -0.493 e. The normalized spacial score (nSPS) is 18.8. The van der Waals surface area contributed by atoms with Crippen LogP contribution in [0.25, 0.3) is 0 Å². The van der Waals surface area contributed by atoms with Crippen molar-refractivity contribution in [3.8, 4) is 5.75 Å². The van der Waals surface area contributed by atoms with Crippen LogP contribution in [0.1, 0.15) is 61.7 Å². The molecule has 0 unspecified atom stereocenters. The monoisotopic (exact) mass is 246 g/mol. The minimum absolute atomic E-state index is 0.227. The molecule has 0 amide bonds. The summed E-state index contributed by atoms with van der Waals surface area (Å²) in [7, 11) is 0. The fourth-order valence-electron chi connectivity index (χ4n) is 2.41. The Hall–Kier alpha value is -1.31. The van der Waals surface area contributed by atoms with E-state index >= 15 is 0 Å². The van der Waals surface area contributed by atoms with Crippen molar-refractivity contribution in [2.75, 3.05) is 6.61 Å². The van der Waals surface area contributed by atoms with Crippen LogP contribution in [0.2, 0.25) is 0 Å². The van der Waals surface area contributed by atoms with E-state index < -0.39 is 0 Å². The van der Waals surface area contributed by atoms with E-state index in [1.54, 1.807) is 0 Å². The highest BCUT2D eigenvalue weighted by molar-refractivity contribution is 5.98. The van der Waals surface area contributed by atoms with E-state index in [1.165, 1.54) is 32.1 Å². The third-order valence-electron chi connectivity index (χ3n) is 3.49. The predicted molar refractivity (Wildman–Crippen MR) is 73.2 cm³/mol. The van der Waals surface area contributed by atoms with Crippen LogP contribution in [0.5, 0.6) is 5.75 Å². The number of carbonyl (C=O) groups excluding carboxylic acids is 1. The molecular formula is C16H22O2. The number of hydrogen-bond donors (Lipinski definition) is 0. The lowest BCUT2D eigenvalue weighted by atomic mass is 10.0. The number of benzene rings is 1. The number of Topliss-reactive ketones (excluding diaryl/α,β-unsaturated/α-hetero) is 1. The van der Waals surface area contributed by atoms with Crippen LogP contribution < -0.4 is 4.74 Å². The van der Waals surface area contributed by atoms with Gasteiger partial charge in [-0.15, -0.1) is 0 Å². The van der Waals surface area contributed by atoms with E-state index in [1.807, 2.05) is 24.3 Å². The largest absolute Gasteiger partial charge is 0.493 e. The molecule has 0 atom stereocenters. The van der Waals surface area contributed by atoms with Crippen molar-refractivity contribution in [3.63, 3.8) is 0 Å². The van der Waals surface area contributed by atoms with E-state index in [2.05, 4.69) is 0 Å². The van der Waals surface area contributed by atoms with Gasteiger partial charge in [0.05, 0.1) is 12.2 Å². The van der Waals surface area contributed by atoms with E-state index in [0.717, 1.165) is 30.8 Å². The van der Waals surface area contributed by atoms with Crippen LogP contribution in [0, 0.1) is 0 Å². The van der Waals surface area contributed by atoms with Gasteiger partial charge < -0.3 is 4.74 Å². The number of rotatable bonds is 0. The van der Waals surface area contributed by atoms with Crippen molar-refractivity contribution in [2.24, 2.45) is 0 Å². The first-order chi connectivity index (χ1) is 8.88. The molecule has 1 aliphatic rings. The highest BCUT2D eigenvalue weighted by Crippen LogP contribution is 2.22. The van der Waals surface area contributed by atoms with Gasteiger partial charge in [-0.05, 0) is 25.0 Å². The summed E-state index contributed by atoms with van der Waals surface area (Å²) >= 11 is 0. The van der Waals surface area contributed by atoms with Crippen molar-refractivity contribution in [1.29, 1.82) is 0 Å². The SMILES string of the molecule is O=C1CCCCCCCCCOc2ccccc21. The first-order valence-electron chi connectivity index (χ1n) is 7.13. The van der Waals surface area contributed by atoms with Gasteiger partial charge >= 0.3 is 0 Å². The Kier molecular flexibility index (Phi) is 5.25. The first-order valence-corrected chi connectivity index (χ1v) is 7.13. The summed E-state index contributed by atoms with van der Waals surface area (Å²) in [5.41, 5.74) is 0.761. The van der Waals surface area contributed by atoms with E-state index in [9.17, 15) is 4.79 Å². The maximum atomic E-state index is 12.1. The van der Waals surface area contributed by atoms with Crippen molar-refractivity contribution in [2.45, 2.75) is 51.4 Å². The Balaban J connectivity index is 2.07. The fraction of sp³-hybridized carbons (Fsp3) is 0.562. The average Bonchev–Trinajstić information content (AvgIpc) is 2.42. The van der Waals surface area contributed by atoms with Gasteiger partial charge in [0.1, 0.15) is 5.75 Å². The summed E-state index contributed by atoms with van der Waals surface area (Å²) < 4.78 is 5.75. The van der Waals surface area contributed by atoms with Gasteiger partial charge in [0.25, 0.3) is 0 Å². The van der Waals surface area contributed by atoms with Crippen LogP contribution in [0.4, 0.5) is 0 Å². The maximum absolute atomic E-state index is 12.1. The van der Waals surface area contributed by atoms with Crippen LogP contribution in [0.15, 0.2) is 24.3 Å². The molecule has 2 rings (SSSR count). The van der Waals surface area contributed by atoms with Gasteiger partial charge in [-0.1, -0.05) is 44.2 Å². The second kappa shape index (κ2) is 7.20. The summed E-state index contributed by atoms with van der Waals surface area (Å²) in [5, 5.41) is 0. The van der Waals surface area contributed by atoms with Crippen molar-refractivity contribution in [3.05, 3.63) is 29.8 Å². The molecule has 1 aromatic carbocycles. The molecule has 1 aromatic rings. The van der Waals surface area contributed by atoms with Crippen LogP contribution in [-0.2, 0) is 0 Å². The molecule has 0 radical (unpaired) electrons. The quantitative estimate of drug-likeness (QED) is 0.679. The zero-order chi connectivity index (χ0) is 12.6. The highest BCUT2D eigenvalue weighted by Gasteiger charge is 2.12. The molecule has 0 aliphatic carbocycles. The third kappa shape index (κ3) is 3.86. The molecular weight excluding hydrogens is 224 g/mol. The summed E-state index contributed by atoms with van der Waals surface area (Å²) in [4.78, 5) is 12.1. The van der Waals surface area contributed by atoms with E-state index in [0.29, 0.717) is 6.42 Å². The lowest BCUT2D eigenvalue weighted by Crippen LogP contribution is -2.05. The second-order valence-corrected chi connectivity index (χ2v) is 4.99. The van der Waals surface area contributed by atoms with Crippen LogP contribution in [-0.4, -0.2) is 12.4 Å². The van der Waals surface area contributed by atoms with Crippen molar-refractivity contribution < 1.29 is 9.53 Å². The summed E-state index contributed by atoms with van der Waals surface area (Å²) in [6.07, 6.45) is 9.00. The lowest BCUT2D eigenvalue weighted by molar-refractivity contribution is 0.0975. The number of fused-ring (bicyclic) bond motifs is 1. The molecule has 1 aliphatic heterocycles. The zero-order valence-corrected chi connectivity index (χ0v) is 11.0. The van der Waals surface area contributed by atoms with Gasteiger partial charge in [-0.2, -0.15) is 0 Å². The van der Waals surface area contributed by atoms with Crippen molar-refractivity contribution >= 4 is 5.78 Å². The Morgan fingerprint density at radius 3 is 2.33 bits per heavy atom. The predicted octanol–water partition coefficient (Wildman–Crippen LogP) is 4.38. The standard InChI is InChI=1S/C16H22O2/c17-15-11-6-4-2-1-3-5-9-13-18-16-12-8-7-10-14(15)16/h7-8,10,12H,1-6,9,11,13H2. The Morgan fingerprint density at radius 1 is 0.833 bits per heavy atom. The number of ketones is 1. The van der Waals surface area contributed by atoms with E-state index in [4.69, 9.17) is 4.74 Å². The Labute approximate surface area is 109 Å². The lowest BCUT2D eigenvalue weighted by Gasteiger charge is -2.10. The number of hydrogen-bond acceptors (Lipinski definition) is 2. The molecule has 0 N–H and O–H groups in total. The average molecular weight is 246 g/mol. The molecule has 0 fully saturated rings. The minimum atomic E-state index is 0.227.